The first-order valence-corrected chi connectivity index (χ1v) is 6.82. The number of carbonyl (C=O) groups is 2. The zero-order valence-corrected chi connectivity index (χ0v) is 12.0. The third-order valence-electron chi connectivity index (χ3n) is 3.81. The van der Waals surface area contributed by atoms with Gasteiger partial charge in [-0.2, -0.15) is 0 Å². The van der Waals surface area contributed by atoms with Crippen LogP contribution in [0.5, 0.6) is 0 Å². The molecule has 5 atom stereocenters. The maximum absolute atomic E-state index is 11.6. The van der Waals surface area contributed by atoms with Gasteiger partial charge < -0.3 is 36.6 Å². The standard InChI is InChI=1S/C14H18N2O7/c15-13(21)5-2-1-3-6(14(16)22)8(5)12-11(20)10(19)9(18)7(4-17)23-12/h1-3,7,9-12,17-20H,4H2,(H2,15,21)(H2,16,22)/t7-,9-,10+,11-,12+/m1/s1. The molecule has 0 bridgehead atoms. The molecule has 9 nitrogen and oxygen atoms in total. The number of hydrogen-bond acceptors (Lipinski definition) is 7. The highest BCUT2D eigenvalue weighted by molar-refractivity contribution is 6.01. The molecule has 1 aromatic carbocycles. The van der Waals surface area contributed by atoms with E-state index < -0.39 is 48.9 Å². The summed E-state index contributed by atoms with van der Waals surface area (Å²) in [6.45, 7) is -0.647. The van der Waals surface area contributed by atoms with Crippen LogP contribution in [-0.4, -0.2) is 63.3 Å². The topological polar surface area (TPSA) is 176 Å². The summed E-state index contributed by atoms with van der Waals surface area (Å²) < 4.78 is 5.37. The van der Waals surface area contributed by atoms with Gasteiger partial charge in [0.05, 0.1) is 6.61 Å². The number of aliphatic hydroxyl groups is 4. The Balaban J connectivity index is 2.59. The second-order valence-electron chi connectivity index (χ2n) is 5.24. The average molecular weight is 326 g/mol. The number of nitrogens with two attached hydrogens (primary N) is 2. The van der Waals surface area contributed by atoms with Crippen LogP contribution in [-0.2, 0) is 4.74 Å². The van der Waals surface area contributed by atoms with Gasteiger partial charge in [-0.15, -0.1) is 0 Å². The second-order valence-corrected chi connectivity index (χ2v) is 5.24. The van der Waals surface area contributed by atoms with Crippen LogP contribution in [0.3, 0.4) is 0 Å². The Labute approximate surface area is 131 Å². The summed E-state index contributed by atoms with van der Waals surface area (Å²) in [5, 5.41) is 39.1. The molecule has 0 radical (unpaired) electrons. The maximum atomic E-state index is 11.6. The summed E-state index contributed by atoms with van der Waals surface area (Å²) in [6.07, 6.45) is -7.46. The minimum absolute atomic E-state index is 0.0931. The fourth-order valence-corrected chi connectivity index (χ4v) is 2.64. The second kappa shape index (κ2) is 6.60. The lowest BCUT2D eigenvalue weighted by atomic mass is 9.86. The highest BCUT2D eigenvalue weighted by atomic mass is 16.5. The van der Waals surface area contributed by atoms with Crippen molar-refractivity contribution in [1.82, 2.24) is 0 Å². The number of rotatable bonds is 4. The van der Waals surface area contributed by atoms with Gasteiger partial charge in [0.25, 0.3) is 0 Å². The van der Waals surface area contributed by atoms with Gasteiger partial charge in [-0.25, -0.2) is 0 Å². The summed E-state index contributed by atoms with van der Waals surface area (Å²) in [7, 11) is 0. The molecule has 2 amide bonds. The van der Waals surface area contributed by atoms with Gasteiger partial charge in [-0.1, -0.05) is 6.07 Å². The molecule has 23 heavy (non-hydrogen) atoms. The van der Waals surface area contributed by atoms with E-state index in [-0.39, 0.29) is 16.7 Å². The summed E-state index contributed by atoms with van der Waals surface area (Å²) >= 11 is 0. The molecule has 2 rings (SSSR count). The van der Waals surface area contributed by atoms with E-state index in [0.29, 0.717) is 0 Å². The zero-order chi connectivity index (χ0) is 17.3. The molecule has 0 aromatic heterocycles. The van der Waals surface area contributed by atoms with Gasteiger partial charge in [0.1, 0.15) is 30.5 Å². The molecule has 0 spiro atoms. The Hall–Kier alpha value is -2.04. The lowest BCUT2D eigenvalue weighted by Gasteiger charge is -2.41. The van der Waals surface area contributed by atoms with E-state index in [1.807, 2.05) is 0 Å². The first kappa shape index (κ1) is 17.3. The van der Waals surface area contributed by atoms with E-state index in [1.54, 1.807) is 0 Å². The SMILES string of the molecule is NC(=O)c1cccc(C(N)=O)c1[C@@H]1O[C@H](CO)[C@@H](O)[C@H](O)[C@H]1O. The summed E-state index contributed by atoms with van der Waals surface area (Å²) in [4.78, 5) is 23.2. The number of primary amides is 2. The van der Waals surface area contributed by atoms with E-state index in [4.69, 9.17) is 16.2 Å². The van der Waals surface area contributed by atoms with E-state index in [0.717, 1.165) is 0 Å². The van der Waals surface area contributed by atoms with Crippen molar-refractivity contribution in [1.29, 1.82) is 0 Å². The van der Waals surface area contributed by atoms with Crippen molar-refractivity contribution >= 4 is 11.8 Å². The van der Waals surface area contributed by atoms with Crippen LogP contribution < -0.4 is 11.5 Å². The van der Waals surface area contributed by atoms with E-state index in [9.17, 15) is 30.0 Å². The molecule has 0 unspecified atom stereocenters. The fraction of sp³-hybridized carbons (Fsp3) is 0.429. The minimum Gasteiger partial charge on any atom is -0.394 e. The van der Waals surface area contributed by atoms with Crippen molar-refractivity contribution < 1.29 is 34.8 Å². The Kier molecular flexibility index (Phi) is 4.97. The molecule has 9 heteroatoms. The van der Waals surface area contributed by atoms with Crippen LogP contribution in [0.2, 0.25) is 0 Å². The predicted molar refractivity (Wildman–Crippen MR) is 76.2 cm³/mol. The maximum Gasteiger partial charge on any atom is 0.249 e. The van der Waals surface area contributed by atoms with Crippen LogP contribution in [0.4, 0.5) is 0 Å². The number of aliphatic hydroxyl groups excluding tert-OH is 4. The monoisotopic (exact) mass is 326 g/mol. The molecule has 1 aromatic rings. The summed E-state index contributed by atoms with van der Waals surface area (Å²) in [6, 6.07) is 4.00. The average Bonchev–Trinajstić information content (AvgIpc) is 2.52. The normalized spacial score (nSPS) is 30.9. The van der Waals surface area contributed by atoms with Gasteiger partial charge in [-0.05, 0) is 12.1 Å². The molecule has 1 aliphatic heterocycles. The van der Waals surface area contributed by atoms with Crippen LogP contribution in [0.15, 0.2) is 18.2 Å². The Bertz CT molecular complexity index is 587. The third-order valence-corrected chi connectivity index (χ3v) is 3.81. The molecule has 1 saturated heterocycles. The number of hydrogen-bond donors (Lipinski definition) is 6. The number of amides is 2. The Morgan fingerprint density at radius 3 is 1.96 bits per heavy atom. The van der Waals surface area contributed by atoms with Crippen molar-refractivity contribution in [3.63, 3.8) is 0 Å². The molecule has 0 saturated carbocycles. The Morgan fingerprint density at radius 2 is 1.52 bits per heavy atom. The molecule has 0 aliphatic carbocycles. The lowest BCUT2D eigenvalue weighted by molar-refractivity contribution is -0.231. The van der Waals surface area contributed by atoms with Crippen LogP contribution in [0.25, 0.3) is 0 Å². The molecule has 126 valence electrons. The van der Waals surface area contributed by atoms with E-state index >= 15 is 0 Å². The van der Waals surface area contributed by atoms with Crippen molar-refractivity contribution in [3.05, 3.63) is 34.9 Å². The fourth-order valence-electron chi connectivity index (χ4n) is 2.64. The molecule has 1 fully saturated rings. The van der Waals surface area contributed by atoms with Gasteiger partial charge in [0.2, 0.25) is 11.8 Å². The summed E-state index contributed by atoms with van der Waals surface area (Å²) in [5.41, 5.74) is 10.2. The van der Waals surface area contributed by atoms with Crippen LogP contribution >= 0.6 is 0 Å². The first-order chi connectivity index (χ1) is 10.8. The largest absolute Gasteiger partial charge is 0.394 e. The quantitative estimate of drug-likeness (QED) is 0.351. The van der Waals surface area contributed by atoms with Crippen LogP contribution in [0.1, 0.15) is 32.4 Å². The molecular formula is C14H18N2O7. The van der Waals surface area contributed by atoms with Crippen molar-refractivity contribution in [2.75, 3.05) is 6.61 Å². The van der Waals surface area contributed by atoms with E-state index in [2.05, 4.69) is 0 Å². The van der Waals surface area contributed by atoms with Crippen molar-refractivity contribution in [2.45, 2.75) is 30.5 Å². The van der Waals surface area contributed by atoms with Crippen molar-refractivity contribution in [2.24, 2.45) is 11.5 Å². The van der Waals surface area contributed by atoms with Crippen molar-refractivity contribution in [3.8, 4) is 0 Å². The highest BCUT2D eigenvalue weighted by Crippen LogP contribution is 2.35. The van der Waals surface area contributed by atoms with Gasteiger partial charge in [0.15, 0.2) is 0 Å². The summed E-state index contributed by atoms with van der Waals surface area (Å²) in [5.74, 6) is -1.78. The van der Waals surface area contributed by atoms with Gasteiger partial charge in [-0.3, -0.25) is 9.59 Å². The smallest absolute Gasteiger partial charge is 0.249 e. The Morgan fingerprint density at radius 1 is 1.00 bits per heavy atom. The zero-order valence-electron chi connectivity index (χ0n) is 12.0. The third kappa shape index (κ3) is 3.05. The predicted octanol–water partition coefficient (Wildman–Crippen LogP) is -2.60. The number of ether oxygens (including phenoxy) is 1. The number of benzene rings is 1. The van der Waals surface area contributed by atoms with E-state index in [1.165, 1.54) is 18.2 Å². The van der Waals surface area contributed by atoms with Gasteiger partial charge in [0, 0.05) is 16.7 Å². The first-order valence-electron chi connectivity index (χ1n) is 6.82. The van der Waals surface area contributed by atoms with Crippen LogP contribution in [0, 0.1) is 0 Å². The number of carbonyl (C=O) groups excluding carboxylic acids is 2. The molecule has 1 aliphatic rings. The lowest BCUT2D eigenvalue weighted by Crippen LogP contribution is -2.55. The van der Waals surface area contributed by atoms with Gasteiger partial charge >= 0.3 is 0 Å². The molecular weight excluding hydrogens is 308 g/mol. The molecule has 8 N–H and O–H groups in total. The highest BCUT2D eigenvalue weighted by Gasteiger charge is 2.45. The minimum atomic E-state index is -1.66. The molecule has 1 heterocycles.